The van der Waals surface area contributed by atoms with E-state index in [1.54, 1.807) is 42.5 Å². The number of carbonyl (C=O) groups excluding carboxylic acids is 2. The van der Waals surface area contributed by atoms with Crippen LogP contribution in [0.3, 0.4) is 0 Å². The van der Waals surface area contributed by atoms with Crippen molar-refractivity contribution in [2.24, 2.45) is 0 Å². The van der Waals surface area contributed by atoms with E-state index in [0.29, 0.717) is 45.0 Å². The Balaban J connectivity index is 1.25. The normalized spacial score (nSPS) is 14.8. The summed E-state index contributed by atoms with van der Waals surface area (Å²) in [4.78, 5) is 34.7. The number of anilines is 3. The zero-order valence-electron chi connectivity index (χ0n) is 19.4. The van der Waals surface area contributed by atoms with Crippen molar-refractivity contribution in [3.05, 3.63) is 66.1 Å². The fourth-order valence-corrected chi connectivity index (χ4v) is 4.90. The van der Waals surface area contributed by atoms with E-state index >= 15 is 0 Å². The van der Waals surface area contributed by atoms with E-state index in [-0.39, 0.29) is 24.4 Å². The molecule has 0 unspecified atom stereocenters. The van der Waals surface area contributed by atoms with E-state index in [9.17, 15) is 9.59 Å². The van der Waals surface area contributed by atoms with Gasteiger partial charge in [0, 0.05) is 35.2 Å². The Hall–Kier alpha value is -4.60. The van der Waals surface area contributed by atoms with Gasteiger partial charge < -0.3 is 30.4 Å². The lowest BCUT2D eigenvalue weighted by Gasteiger charge is -2.12. The van der Waals surface area contributed by atoms with Crippen LogP contribution in [0.2, 0.25) is 0 Å². The molecule has 0 atom stereocenters. The average molecular weight is 485 g/mol. The highest BCUT2D eigenvalue weighted by atomic mass is 16.7. The Bertz CT molecular complexity index is 1490. The molecule has 182 valence electrons. The minimum Gasteiger partial charge on any atom is -0.454 e. The lowest BCUT2D eigenvalue weighted by molar-refractivity contribution is 0.104. The zero-order valence-corrected chi connectivity index (χ0v) is 19.4. The molecule has 0 saturated heterocycles. The van der Waals surface area contributed by atoms with Crippen LogP contribution in [0.5, 0.6) is 11.5 Å². The van der Waals surface area contributed by atoms with Crippen LogP contribution < -0.4 is 25.8 Å². The summed E-state index contributed by atoms with van der Waals surface area (Å²) in [6, 6.07) is 11.8. The van der Waals surface area contributed by atoms with Crippen molar-refractivity contribution >= 4 is 40.0 Å². The lowest BCUT2D eigenvalue weighted by atomic mass is 10.0. The maximum absolute atomic E-state index is 13.6. The first-order valence-electron chi connectivity index (χ1n) is 11.8. The highest BCUT2D eigenvalue weighted by Gasteiger charge is 2.25. The summed E-state index contributed by atoms with van der Waals surface area (Å²) in [5.41, 5.74) is 8.77. The Labute approximate surface area is 206 Å². The van der Waals surface area contributed by atoms with Crippen molar-refractivity contribution in [1.82, 2.24) is 14.5 Å². The summed E-state index contributed by atoms with van der Waals surface area (Å²) in [6.07, 6.45) is 7.66. The smallest absolute Gasteiger partial charge is 0.323 e. The van der Waals surface area contributed by atoms with E-state index in [1.807, 2.05) is 6.20 Å². The first kappa shape index (κ1) is 21.9. The molecule has 1 aliphatic heterocycles. The molecule has 1 fully saturated rings. The number of nitrogen functional groups attached to an aromatic ring is 1. The van der Waals surface area contributed by atoms with Gasteiger partial charge in [-0.3, -0.25) is 4.79 Å². The molecule has 1 saturated carbocycles. The minimum atomic E-state index is -0.450. The molecule has 3 heterocycles. The quantitative estimate of drug-likeness (QED) is 0.349. The molecule has 4 aromatic rings. The molecule has 10 nitrogen and oxygen atoms in total. The van der Waals surface area contributed by atoms with Gasteiger partial charge in [0.25, 0.3) is 0 Å². The molecule has 1 aliphatic carbocycles. The van der Waals surface area contributed by atoms with E-state index < -0.39 is 6.03 Å². The van der Waals surface area contributed by atoms with Crippen LogP contribution in [0.25, 0.3) is 11.0 Å². The minimum absolute atomic E-state index is 0.156. The van der Waals surface area contributed by atoms with Crippen LogP contribution in [0.4, 0.5) is 22.0 Å². The van der Waals surface area contributed by atoms with Gasteiger partial charge in [0.2, 0.25) is 6.79 Å². The van der Waals surface area contributed by atoms with Crippen LogP contribution >= 0.6 is 0 Å². The molecule has 0 radical (unpaired) electrons. The second-order valence-electron chi connectivity index (χ2n) is 8.90. The molecule has 2 aromatic heterocycles. The van der Waals surface area contributed by atoms with Gasteiger partial charge in [-0.2, -0.15) is 0 Å². The second-order valence-corrected chi connectivity index (χ2v) is 8.90. The largest absolute Gasteiger partial charge is 0.454 e. The van der Waals surface area contributed by atoms with Gasteiger partial charge >= 0.3 is 6.03 Å². The average Bonchev–Trinajstić information content (AvgIpc) is 3.63. The second kappa shape index (κ2) is 8.88. The first-order chi connectivity index (χ1) is 17.6. The number of nitrogens with one attached hydrogen (secondary N) is 2. The van der Waals surface area contributed by atoms with Gasteiger partial charge in [-0.05, 0) is 37.1 Å². The standard InChI is InChI=1S/C26H24N6O4/c27-24-22-19(12-32(18-6-1-2-7-18)25(22)29-13-28-24)23(33)15-4-3-5-16(10-15)30-26(34)31-17-8-9-20-21(11-17)36-14-35-20/h3-5,8-13,18H,1-2,6-7,14H2,(H2,27,28,29)(H2,30,31,34). The summed E-state index contributed by atoms with van der Waals surface area (Å²) < 4.78 is 12.7. The Kier molecular flexibility index (Phi) is 5.40. The van der Waals surface area contributed by atoms with Gasteiger partial charge in [0.05, 0.1) is 10.9 Å². The number of ether oxygens (including phenoxy) is 2. The van der Waals surface area contributed by atoms with E-state index in [4.69, 9.17) is 15.2 Å². The number of hydrogen-bond donors (Lipinski definition) is 3. The highest BCUT2D eigenvalue weighted by Crippen LogP contribution is 2.36. The number of hydrogen-bond acceptors (Lipinski definition) is 7. The third kappa shape index (κ3) is 3.96. The van der Waals surface area contributed by atoms with E-state index in [1.165, 1.54) is 6.33 Å². The molecule has 6 rings (SSSR count). The number of nitrogens with two attached hydrogens (primary N) is 1. The first-order valence-corrected chi connectivity index (χ1v) is 11.8. The zero-order chi connectivity index (χ0) is 24.6. The molecule has 2 aliphatic rings. The lowest BCUT2D eigenvalue weighted by Crippen LogP contribution is -2.19. The molecule has 2 aromatic carbocycles. The monoisotopic (exact) mass is 484 g/mol. The number of benzene rings is 2. The van der Waals surface area contributed by atoms with E-state index in [0.717, 1.165) is 25.7 Å². The van der Waals surface area contributed by atoms with Crippen LogP contribution in [0.15, 0.2) is 55.0 Å². The fraction of sp³-hybridized carbons (Fsp3) is 0.231. The maximum atomic E-state index is 13.6. The molecule has 0 spiro atoms. The van der Waals surface area contributed by atoms with Crippen molar-refractivity contribution in [2.45, 2.75) is 31.7 Å². The van der Waals surface area contributed by atoms with Crippen LogP contribution in [-0.2, 0) is 0 Å². The number of aromatic nitrogens is 3. The number of fused-ring (bicyclic) bond motifs is 2. The van der Waals surface area contributed by atoms with Gasteiger partial charge in [-0.25, -0.2) is 14.8 Å². The van der Waals surface area contributed by atoms with Crippen molar-refractivity contribution in [3.8, 4) is 11.5 Å². The van der Waals surface area contributed by atoms with Crippen molar-refractivity contribution in [1.29, 1.82) is 0 Å². The van der Waals surface area contributed by atoms with Crippen molar-refractivity contribution in [3.63, 3.8) is 0 Å². The summed E-state index contributed by atoms with van der Waals surface area (Å²) in [5.74, 6) is 1.27. The predicted octanol–water partition coefficient (Wildman–Crippen LogP) is 4.73. The molecule has 4 N–H and O–H groups in total. The van der Waals surface area contributed by atoms with Gasteiger partial charge in [0.1, 0.15) is 17.8 Å². The Morgan fingerprint density at radius 1 is 0.972 bits per heavy atom. The van der Waals surface area contributed by atoms with Crippen molar-refractivity contribution < 1.29 is 19.1 Å². The molecular formula is C26H24N6O4. The number of ketones is 1. The van der Waals surface area contributed by atoms with E-state index in [2.05, 4.69) is 25.2 Å². The number of amides is 2. The molecule has 0 bridgehead atoms. The van der Waals surface area contributed by atoms with Crippen molar-refractivity contribution in [2.75, 3.05) is 23.2 Å². The fourth-order valence-electron chi connectivity index (χ4n) is 4.90. The third-order valence-corrected chi connectivity index (χ3v) is 6.61. The van der Waals surface area contributed by atoms with Crippen LogP contribution in [-0.4, -0.2) is 33.1 Å². The number of nitrogens with zero attached hydrogens (tertiary/aromatic N) is 3. The number of carbonyl (C=O) groups is 2. The van der Waals surface area contributed by atoms with Gasteiger partial charge in [-0.1, -0.05) is 25.0 Å². The molecule has 10 heteroatoms. The summed E-state index contributed by atoms with van der Waals surface area (Å²) in [6.45, 7) is 0.156. The number of rotatable bonds is 5. The topological polar surface area (TPSA) is 133 Å². The molecule has 2 amide bonds. The molecule has 36 heavy (non-hydrogen) atoms. The van der Waals surface area contributed by atoms with Gasteiger partial charge in [-0.15, -0.1) is 0 Å². The van der Waals surface area contributed by atoms with Crippen LogP contribution in [0.1, 0.15) is 47.6 Å². The summed E-state index contributed by atoms with van der Waals surface area (Å²) in [5, 5.41) is 6.10. The molecular weight excluding hydrogens is 460 g/mol. The number of urea groups is 1. The third-order valence-electron chi connectivity index (χ3n) is 6.61. The Morgan fingerprint density at radius 2 is 1.75 bits per heavy atom. The SMILES string of the molecule is Nc1ncnc2c1c(C(=O)c1cccc(NC(=O)Nc3ccc4c(c3)OCO4)c1)cn2C1CCCC1. The summed E-state index contributed by atoms with van der Waals surface area (Å²) in [7, 11) is 0. The Morgan fingerprint density at radius 3 is 2.58 bits per heavy atom. The summed E-state index contributed by atoms with van der Waals surface area (Å²) >= 11 is 0. The van der Waals surface area contributed by atoms with Gasteiger partial charge in [0.15, 0.2) is 17.3 Å². The van der Waals surface area contributed by atoms with Crippen LogP contribution in [0, 0.1) is 0 Å². The maximum Gasteiger partial charge on any atom is 0.323 e. The highest BCUT2D eigenvalue weighted by molar-refractivity contribution is 6.18. The predicted molar refractivity (Wildman–Crippen MR) is 135 cm³/mol.